The van der Waals surface area contributed by atoms with E-state index in [9.17, 15) is 9.59 Å². The highest BCUT2D eigenvalue weighted by atomic mass is 16.5. The minimum Gasteiger partial charge on any atom is -0.489 e. The summed E-state index contributed by atoms with van der Waals surface area (Å²) in [5, 5.41) is 3.01. The summed E-state index contributed by atoms with van der Waals surface area (Å²) in [5.41, 5.74) is 2.51. The van der Waals surface area contributed by atoms with E-state index in [1.165, 1.54) is 6.26 Å². The SMILES string of the molecule is Cc1ccoc1C(=O)NC1CCN(C(=O)c2cccc(OCc3ccccc3)c2)CC1. The number of piperidine rings is 1. The molecule has 6 nitrogen and oxygen atoms in total. The van der Waals surface area contributed by atoms with Crippen molar-refractivity contribution in [1.29, 1.82) is 0 Å². The molecule has 1 aliphatic heterocycles. The van der Waals surface area contributed by atoms with Crippen LogP contribution in [-0.4, -0.2) is 35.8 Å². The van der Waals surface area contributed by atoms with Gasteiger partial charge in [-0.2, -0.15) is 0 Å². The molecule has 0 bridgehead atoms. The third kappa shape index (κ3) is 5.15. The van der Waals surface area contributed by atoms with Crippen LogP contribution in [0.5, 0.6) is 5.75 Å². The third-order valence-corrected chi connectivity index (χ3v) is 5.52. The lowest BCUT2D eigenvalue weighted by molar-refractivity contribution is 0.0695. The highest BCUT2D eigenvalue weighted by Crippen LogP contribution is 2.19. The van der Waals surface area contributed by atoms with Crippen molar-refractivity contribution >= 4 is 11.8 Å². The van der Waals surface area contributed by atoms with E-state index in [1.807, 2.05) is 60.4 Å². The van der Waals surface area contributed by atoms with E-state index >= 15 is 0 Å². The van der Waals surface area contributed by atoms with E-state index < -0.39 is 0 Å². The number of rotatable bonds is 6. The van der Waals surface area contributed by atoms with E-state index in [0.717, 1.165) is 11.1 Å². The van der Waals surface area contributed by atoms with Crippen LogP contribution in [0.15, 0.2) is 71.3 Å². The van der Waals surface area contributed by atoms with Gasteiger partial charge in [-0.25, -0.2) is 0 Å². The minimum atomic E-state index is -0.199. The highest BCUT2D eigenvalue weighted by Gasteiger charge is 2.26. The van der Waals surface area contributed by atoms with Crippen LogP contribution in [0.2, 0.25) is 0 Å². The minimum absolute atomic E-state index is 0.0168. The van der Waals surface area contributed by atoms with Crippen LogP contribution in [0.3, 0.4) is 0 Å². The largest absolute Gasteiger partial charge is 0.489 e. The Labute approximate surface area is 181 Å². The fourth-order valence-corrected chi connectivity index (χ4v) is 3.73. The molecule has 1 saturated heterocycles. The first-order valence-corrected chi connectivity index (χ1v) is 10.5. The highest BCUT2D eigenvalue weighted by molar-refractivity contribution is 5.95. The van der Waals surface area contributed by atoms with Gasteiger partial charge in [0.1, 0.15) is 12.4 Å². The van der Waals surface area contributed by atoms with E-state index in [2.05, 4.69) is 5.32 Å². The van der Waals surface area contributed by atoms with Gasteiger partial charge in [-0.15, -0.1) is 0 Å². The summed E-state index contributed by atoms with van der Waals surface area (Å²) in [6.07, 6.45) is 2.94. The molecule has 160 valence electrons. The van der Waals surface area contributed by atoms with Gasteiger partial charge in [-0.05, 0) is 49.6 Å². The van der Waals surface area contributed by atoms with Crippen molar-refractivity contribution in [3.63, 3.8) is 0 Å². The van der Waals surface area contributed by atoms with Crippen LogP contribution in [0.25, 0.3) is 0 Å². The Morgan fingerprint density at radius 1 is 1.06 bits per heavy atom. The quantitative estimate of drug-likeness (QED) is 0.651. The Balaban J connectivity index is 1.30. The molecule has 2 aromatic carbocycles. The summed E-state index contributed by atoms with van der Waals surface area (Å²) in [6.45, 7) is 3.49. The Hall–Kier alpha value is -3.54. The van der Waals surface area contributed by atoms with Gasteiger partial charge in [-0.1, -0.05) is 36.4 Å². The molecule has 1 fully saturated rings. The zero-order valence-electron chi connectivity index (χ0n) is 17.5. The maximum atomic E-state index is 13.0. The Bertz CT molecular complexity index is 1040. The number of carbonyl (C=O) groups is 2. The second-order valence-electron chi connectivity index (χ2n) is 7.77. The summed E-state index contributed by atoms with van der Waals surface area (Å²) in [7, 11) is 0. The van der Waals surface area contributed by atoms with Crippen LogP contribution in [-0.2, 0) is 6.61 Å². The summed E-state index contributed by atoms with van der Waals surface area (Å²) >= 11 is 0. The monoisotopic (exact) mass is 418 g/mol. The number of carbonyl (C=O) groups excluding carboxylic acids is 2. The number of furan rings is 1. The number of likely N-dealkylation sites (tertiary alicyclic amines) is 1. The fraction of sp³-hybridized carbons (Fsp3) is 0.280. The molecule has 0 saturated carbocycles. The Kier molecular flexibility index (Phi) is 6.36. The van der Waals surface area contributed by atoms with Crippen molar-refractivity contribution in [1.82, 2.24) is 10.2 Å². The molecular weight excluding hydrogens is 392 g/mol. The van der Waals surface area contributed by atoms with Crippen molar-refractivity contribution in [2.75, 3.05) is 13.1 Å². The van der Waals surface area contributed by atoms with Crippen molar-refractivity contribution in [2.24, 2.45) is 0 Å². The molecule has 1 N–H and O–H groups in total. The molecule has 6 heteroatoms. The Morgan fingerprint density at radius 3 is 2.55 bits per heavy atom. The van der Waals surface area contributed by atoms with Gasteiger partial charge >= 0.3 is 0 Å². The molecule has 0 unspecified atom stereocenters. The number of hydrogen-bond acceptors (Lipinski definition) is 4. The van der Waals surface area contributed by atoms with Crippen molar-refractivity contribution in [3.05, 3.63) is 89.4 Å². The topological polar surface area (TPSA) is 71.8 Å². The van der Waals surface area contributed by atoms with Gasteiger partial charge in [0.2, 0.25) is 0 Å². The van der Waals surface area contributed by atoms with Crippen LogP contribution in [0, 0.1) is 6.92 Å². The average molecular weight is 418 g/mol. The lowest BCUT2D eigenvalue weighted by Gasteiger charge is -2.32. The number of amides is 2. The molecule has 0 spiro atoms. The van der Waals surface area contributed by atoms with Gasteiger partial charge in [0.05, 0.1) is 6.26 Å². The zero-order valence-corrected chi connectivity index (χ0v) is 17.5. The Morgan fingerprint density at radius 2 is 1.84 bits per heavy atom. The zero-order chi connectivity index (χ0) is 21.6. The van der Waals surface area contributed by atoms with Gasteiger partial charge in [-0.3, -0.25) is 9.59 Å². The average Bonchev–Trinajstić information content (AvgIpc) is 3.24. The molecular formula is C25H26N2O4. The third-order valence-electron chi connectivity index (χ3n) is 5.52. The van der Waals surface area contributed by atoms with E-state index in [-0.39, 0.29) is 17.9 Å². The first kappa shape index (κ1) is 20.7. The van der Waals surface area contributed by atoms with Gasteiger partial charge in [0.25, 0.3) is 11.8 Å². The smallest absolute Gasteiger partial charge is 0.287 e. The molecule has 4 rings (SSSR count). The number of nitrogens with zero attached hydrogens (tertiary/aromatic N) is 1. The van der Waals surface area contributed by atoms with Gasteiger partial charge < -0.3 is 19.4 Å². The lowest BCUT2D eigenvalue weighted by Crippen LogP contribution is -2.46. The predicted molar refractivity (Wildman–Crippen MR) is 117 cm³/mol. The van der Waals surface area contributed by atoms with Crippen LogP contribution in [0.4, 0.5) is 0 Å². The van der Waals surface area contributed by atoms with Crippen LogP contribution in [0.1, 0.15) is 44.9 Å². The number of benzene rings is 2. The number of nitrogens with one attached hydrogen (secondary N) is 1. The molecule has 1 aliphatic rings. The van der Waals surface area contributed by atoms with Crippen molar-refractivity contribution < 1.29 is 18.7 Å². The number of aryl methyl sites for hydroxylation is 1. The van der Waals surface area contributed by atoms with Crippen LogP contribution < -0.4 is 10.1 Å². The van der Waals surface area contributed by atoms with Crippen molar-refractivity contribution in [2.45, 2.75) is 32.4 Å². The number of ether oxygens (including phenoxy) is 1. The summed E-state index contributed by atoms with van der Waals surface area (Å²) in [4.78, 5) is 27.1. The van der Waals surface area contributed by atoms with Gasteiger partial charge in [0.15, 0.2) is 5.76 Å². The van der Waals surface area contributed by atoms with E-state index in [0.29, 0.717) is 49.6 Å². The van der Waals surface area contributed by atoms with E-state index in [1.54, 1.807) is 12.1 Å². The first-order valence-electron chi connectivity index (χ1n) is 10.5. The predicted octanol–water partition coefficient (Wildman–Crippen LogP) is 4.20. The van der Waals surface area contributed by atoms with Crippen LogP contribution >= 0.6 is 0 Å². The summed E-state index contributed by atoms with van der Waals surface area (Å²) in [5.74, 6) is 0.809. The van der Waals surface area contributed by atoms with Crippen molar-refractivity contribution in [3.8, 4) is 5.75 Å². The van der Waals surface area contributed by atoms with E-state index in [4.69, 9.17) is 9.15 Å². The first-order chi connectivity index (χ1) is 15.1. The second-order valence-corrected chi connectivity index (χ2v) is 7.77. The maximum absolute atomic E-state index is 13.0. The summed E-state index contributed by atoms with van der Waals surface area (Å²) < 4.78 is 11.1. The molecule has 0 radical (unpaired) electrons. The molecule has 31 heavy (non-hydrogen) atoms. The normalized spacial score (nSPS) is 14.3. The molecule has 3 aromatic rings. The lowest BCUT2D eigenvalue weighted by atomic mass is 10.0. The summed E-state index contributed by atoms with van der Waals surface area (Å²) in [6, 6.07) is 19.0. The molecule has 0 aliphatic carbocycles. The maximum Gasteiger partial charge on any atom is 0.287 e. The standard InChI is InChI=1S/C25H26N2O4/c1-18-12-15-30-23(18)24(28)26-21-10-13-27(14-11-21)25(29)20-8-5-9-22(16-20)31-17-19-6-3-2-4-7-19/h2-9,12,15-16,21H,10-11,13-14,17H2,1H3,(H,26,28). The molecule has 1 aromatic heterocycles. The molecule has 2 heterocycles. The molecule has 2 amide bonds. The number of hydrogen-bond donors (Lipinski definition) is 1. The van der Waals surface area contributed by atoms with Gasteiger partial charge in [0, 0.05) is 30.3 Å². The molecule has 0 atom stereocenters. The second kappa shape index (κ2) is 9.51. The fourth-order valence-electron chi connectivity index (χ4n) is 3.73.